The molecule has 0 spiro atoms. The van der Waals surface area contributed by atoms with E-state index in [2.05, 4.69) is 10.6 Å². The molecule has 0 unspecified atom stereocenters. The number of carbonyl (C=O) groups excluding carboxylic acids is 1. The molecule has 1 heterocycles. The third-order valence-corrected chi connectivity index (χ3v) is 6.00. The van der Waals surface area contributed by atoms with Crippen LogP contribution in [0.3, 0.4) is 0 Å². The number of ether oxygens (including phenoxy) is 1. The van der Waals surface area contributed by atoms with Crippen molar-refractivity contribution < 1.29 is 19.4 Å². The van der Waals surface area contributed by atoms with Crippen molar-refractivity contribution in [2.75, 3.05) is 12.4 Å². The van der Waals surface area contributed by atoms with E-state index >= 15 is 0 Å². The number of fused-ring (bicyclic) bond motifs is 2. The summed E-state index contributed by atoms with van der Waals surface area (Å²) in [6, 6.07) is 14.3. The van der Waals surface area contributed by atoms with Crippen molar-refractivity contribution in [2.24, 2.45) is 0 Å². The highest BCUT2D eigenvalue weighted by Gasteiger charge is 2.25. The quantitative estimate of drug-likeness (QED) is 0.318. The van der Waals surface area contributed by atoms with Gasteiger partial charge in [-0.25, -0.2) is 4.79 Å². The van der Waals surface area contributed by atoms with Gasteiger partial charge in [0.15, 0.2) is 11.5 Å². The highest BCUT2D eigenvalue weighted by atomic mass is 35.5. The average molecular weight is 471 g/mol. The number of halogens is 2. The summed E-state index contributed by atoms with van der Waals surface area (Å²) < 4.78 is 6.00. The first kappa shape index (κ1) is 22.0. The SMILES string of the molecule is CNC(=O)c1cc2c(c(C(=O)O)c1)Nc1ccc(CCCc3ccc(Cl)c(Cl)c3)cc1O2. The molecule has 8 heteroatoms. The maximum absolute atomic E-state index is 12.1. The van der Waals surface area contributed by atoms with Crippen molar-refractivity contribution in [3.8, 4) is 11.5 Å². The fraction of sp³-hybridized carbons (Fsp3) is 0.167. The van der Waals surface area contributed by atoms with Crippen molar-refractivity contribution in [1.82, 2.24) is 5.32 Å². The van der Waals surface area contributed by atoms with Crippen LogP contribution in [0.2, 0.25) is 10.0 Å². The lowest BCUT2D eigenvalue weighted by Gasteiger charge is -2.24. The van der Waals surface area contributed by atoms with Gasteiger partial charge in [-0.2, -0.15) is 0 Å². The predicted molar refractivity (Wildman–Crippen MR) is 125 cm³/mol. The number of nitrogens with one attached hydrogen (secondary N) is 2. The minimum absolute atomic E-state index is 0.0301. The van der Waals surface area contributed by atoms with E-state index in [-0.39, 0.29) is 17.0 Å². The number of amides is 1. The highest BCUT2D eigenvalue weighted by molar-refractivity contribution is 6.42. The van der Waals surface area contributed by atoms with E-state index in [0.717, 1.165) is 30.4 Å². The first-order valence-corrected chi connectivity index (χ1v) is 10.8. The highest BCUT2D eigenvalue weighted by Crippen LogP contribution is 2.44. The molecule has 1 amide bonds. The van der Waals surface area contributed by atoms with Crippen LogP contribution in [0.15, 0.2) is 48.5 Å². The van der Waals surface area contributed by atoms with Gasteiger partial charge in [0.05, 0.1) is 27.0 Å². The van der Waals surface area contributed by atoms with Crippen LogP contribution in [0.1, 0.15) is 38.3 Å². The van der Waals surface area contributed by atoms with Crippen molar-refractivity contribution in [2.45, 2.75) is 19.3 Å². The molecule has 0 bridgehead atoms. The Balaban J connectivity index is 1.52. The number of benzene rings is 3. The van der Waals surface area contributed by atoms with Gasteiger partial charge in [-0.3, -0.25) is 4.79 Å². The van der Waals surface area contributed by atoms with Gasteiger partial charge >= 0.3 is 5.97 Å². The van der Waals surface area contributed by atoms with Gasteiger partial charge in [0.2, 0.25) is 0 Å². The minimum Gasteiger partial charge on any atom is -0.478 e. The molecule has 0 atom stereocenters. The first-order valence-electron chi connectivity index (χ1n) is 10.0. The lowest BCUT2D eigenvalue weighted by molar-refractivity contribution is 0.0697. The summed E-state index contributed by atoms with van der Waals surface area (Å²) in [5.74, 6) is -0.662. The fourth-order valence-corrected chi connectivity index (χ4v) is 3.94. The third-order valence-electron chi connectivity index (χ3n) is 5.26. The summed E-state index contributed by atoms with van der Waals surface area (Å²) in [4.78, 5) is 23.8. The Kier molecular flexibility index (Phi) is 6.26. The van der Waals surface area contributed by atoms with Crippen LogP contribution in [0.5, 0.6) is 11.5 Å². The fourth-order valence-electron chi connectivity index (χ4n) is 3.62. The van der Waals surface area contributed by atoms with Crippen LogP contribution < -0.4 is 15.4 Å². The average Bonchev–Trinajstić information content (AvgIpc) is 2.78. The standard InChI is InChI=1S/C24H20Cl2N2O4/c1-27-23(29)15-11-16(24(30)31)22-21(12-15)32-20-10-14(6-8-19(20)28-22)4-2-3-13-5-7-17(25)18(26)9-13/h5-12,28H,2-4H2,1H3,(H,27,29)(H,30,31). The van der Waals surface area contributed by atoms with Crippen molar-refractivity contribution in [3.63, 3.8) is 0 Å². The normalized spacial score (nSPS) is 11.6. The van der Waals surface area contributed by atoms with Crippen LogP contribution in [0, 0.1) is 0 Å². The molecule has 0 aromatic heterocycles. The van der Waals surface area contributed by atoms with E-state index in [9.17, 15) is 14.7 Å². The first-order chi connectivity index (χ1) is 15.4. The molecule has 6 nitrogen and oxygen atoms in total. The Morgan fingerprint density at radius 1 is 0.969 bits per heavy atom. The zero-order valence-corrected chi connectivity index (χ0v) is 18.7. The molecular formula is C24H20Cl2N2O4. The second-order valence-corrected chi connectivity index (χ2v) is 8.26. The third kappa shape index (κ3) is 4.52. The number of aromatic carboxylic acids is 1. The van der Waals surface area contributed by atoms with Crippen molar-refractivity contribution in [1.29, 1.82) is 0 Å². The molecule has 1 aliphatic heterocycles. The van der Waals surface area contributed by atoms with Gasteiger partial charge in [0, 0.05) is 12.6 Å². The number of carbonyl (C=O) groups is 2. The minimum atomic E-state index is -1.15. The number of carboxylic acid groups (broad SMARTS) is 1. The summed E-state index contributed by atoms with van der Waals surface area (Å²) >= 11 is 12.1. The smallest absolute Gasteiger partial charge is 0.337 e. The number of anilines is 2. The van der Waals surface area contributed by atoms with E-state index < -0.39 is 5.97 Å². The van der Waals surface area contributed by atoms with E-state index in [1.807, 2.05) is 30.3 Å². The van der Waals surface area contributed by atoms with Gasteiger partial charge in [0.1, 0.15) is 0 Å². The lowest BCUT2D eigenvalue weighted by Crippen LogP contribution is -2.19. The Labute approximate surface area is 195 Å². The van der Waals surface area contributed by atoms with Crippen LogP contribution in [0.25, 0.3) is 0 Å². The van der Waals surface area contributed by atoms with Crippen molar-refractivity contribution in [3.05, 3.63) is 80.8 Å². The molecule has 164 valence electrons. The number of aryl methyl sites for hydroxylation is 2. The molecule has 1 aliphatic rings. The van der Waals surface area contributed by atoms with Gasteiger partial charge in [0.25, 0.3) is 5.91 Å². The summed E-state index contributed by atoms with van der Waals surface area (Å²) in [5.41, 5.74) is 3.37. The second kappa shape index (κ2) is 9.10. The Bertz CT molecular complexity index is 1230. The van der Waals surface area contributed by atoms with E-state index in [4.69, 9.17) is 27.9 Å². The van der Waals surface area contributed by atoms with Gasteiger partial charge in [-0.15, -0.1) is 0 Å². The van der Waals surface area contributed by atoms with Gasteiger partial charge < -0.3 is 20.5 Å². The number of carboxylic acids is 1. The Morgan fingerprint density at radius 3 is 2.38 bits per heavy atom. The summed E-state index contributed by atoms with van der Waals surface area (Å²) in [6.45, 7) is 0. The molecule has 0 saturated heterocycles. The molecule has 0 fully saturated rings. The maximum atomic E-state index is 12.1. The zero-order valence-electron chi connectivity index (χ0n) is 17.2. The lowest BCUT2D eigenvalue weighted by atomic mass is 10.0. The van der Waals surface area contributed by atoms with E-state index in [1.165, 1.54) is 19.2 Å². The zero-order chi connectivity index (χ0) is 22.8. The van der Waals surface area contributed by atoms with Crippen LogP contribution in [0.4, 0.5) is 11.4 Å². The Morgan fingerprint density at radius 2 is 1.69 bits per heavy atom. The summed E-state index contributed by atoms with van der Waals surface area (Å²) in [5, 5.41) is 16.3. The molecule has 0 saturated carbocycles. The van der Waals surface area contributed by atoms with Crippen molar-refractivity contribution >= 4 is 46.5 Å². The number of hydrogen-bond donors (Lipinski definition) is 3. The topological polar surface area (TPSA) is 87.7 Å². The monoisotopic (exact) mass is 470 g/mol. The molecular weight excluding hydrogens is 451 g/mol. The van der Waals surface area contributed by atoms with Crippen LogP contribution in [-0.2, 0) is 12.8 Å². The molecule has 4 rings (SSSR count). The van der Waals surface area contributed by atoms with E-state index in [0.29, 0.717) is 32.9 Å². The molecule has 32 heavy (non-hydrogen) atoms. The molecule has 3 N–H and O–H groups in total. The Hall–Kier alpha value is -3.22. The molecule has 0 radical (unpaired) electrons. The summed E-state index contributed by atoms with van der Waals surface area (Å²) in [6.07, 6.45) is 2.58. The number of rotatable bonds is 6. The number of hydrogen-bond acceptors (Lipinski definition) is 4. The van der Waals surface area contributed by atoms with Gasteiger partial charge in [-0.1, -0.05) is 35.3 Å². The van der Waals surface area contributed by atoms with Gasteiger partial charge in [-0.05, 0) is 66.8 Å². The molecule has 0 aliphatic carbocycles. The second-order valence-electron chi connectivity index (χ2n) is 7.44. The predicted octanol–water partition coefficient (Wildman–Crippen LogP) is 6.08. The summed E-state index contributed by atoms with van der Waals surface area (Å²) in [7, 11) is 1.49. The maximum Gasteiger partial charge on any atom is 0.337 e. The van der Waals surface area contributed by atoms with E-state index in [1.54, 1.807) is 6.07 Å². The van der Waals surface area contributed by atoms with Crippen LogP contribution >= 0.6 is 23.2 Å². The molecule has 3 aromatic carbocycles. The largest absolute Gasteiger partial charge is 0.478 e. The van der Waals surface area contributed by atoms with Crippen LogP contribution in [-0.4, -0.2) is 24.0 Å². The molecule has 3 aromatic rings.